The molecule has 0 aliphatic rings. The molecule has 0 aliphatic carbocycles. The molecule has 3 aromatic rings. The first kappa shape index (κ1) is 12.1. The van der Waals surface area contributed by atoms with E-state index in [4.69, 9.17) is 0 Å². The predicted octanol–water partition coefficient (Wildman–Crippen LogP) is 0.576. The molecule has 3 N–H and O–H groups in total. The number of benzene rings is 1. The molecule has 20 heavy (non-hydrogen) atoms. The van der Waals surface area contributed by atoms with Gasteiger partial charge in [0.1, 0.15) is 5.69 Å². The maximum absolute atomic E-state index is 11.8. The van der Waals surface area contributed by atoms with E-state index in [0.29, 0.717) is 12.1 Å². The van der Waals surface area contributed by atoms with Gasteiger partial charge in [0.2, 0.25) is 0 Å². The van der Waals surface area contributed by atoms with Gasteiger partial charge in [-0.3, -0.25) is 9.78 Å². The summed E-state index contributed by atoms with van der Waals surface area (Å²) >= 11 is 0. The Morgan fingerprint density at radius 1 is 1.20 bits per heavy atom. The lowest BCUT2D eigenvalue weighted by Gasteiger charge is -2.04. The van der Waals surface area contributed by atoms with Gasteiger partial charge in [-0.2, -0.15) is 0 Å². The minimum Gasteiger partial charge on any atom is -0.347 e. The standard InChI is InChI=1S/C13H11N5O2/c19-12(11-7-14-3-4-15-11)16-6-8-1-2-9-10(5-8)18-13(20)17-9/h1-5,7H,6H2,(H,16,19)(H2,17,18,20). The molecule has 3 rings (SSSR count). The van der Waals surface area contributed by atoms with Gasteiger partial charge in [-0.1, -0.05) is 6.07 Å². The number of amides is 1. The van der Waals surface area contributed by atoms with E-state index in [1.807, 2.05) is 12.1 Å². The molecule has 0 radical (unpaired) electrons. The zero-order chi connectivity index (χ0) is 13.9. The zero-order valence-electron chi connectivity index (χ0n) is 10.4. The lowest BCUT2D eigenvalue weighted by Crippen LogP contribution is -2.23. The zero-order valence-corrected chi connectivity index (χ0v) is 10.4. The number of H-pyrrole nitrogens is 2. The predicted molar refractivity (Wildman–Crippen MR) is 72.1 cm³/mol. The number of fused-ring (bicyclic) bond motifs is 1. The van der Waals surface area contributed by atoms with Crippen LogP contribution in [0.2, 0.25) is 0 Å². The van der Waals surface area contributed by atoms with Crippen LogP contribution in [0.15, 0.2) is 41.6 Å². The number of imidazole rings is 1. The molecule has 1 amide bonds. The van der Waals surface area contributed by atoms with Gasteiger partial charge >= 0.3 is 5.69 Å². The molecule has 7 nitrogen and oxygen atoms in total. The number of nitrogens with zero attached hydrogens (tertiary/aromatic N) is 2. The molecule has 0 spiro atoms. The van der Waals surface area contributed by atoms with Gasteiger partial charge in [0.05, 0.1) is 17.2 Å². The van der Waals surface area contributed by atoms with Crippen molar-refractivity contribution in [2.75, 3.05) is 0 Å². The number of carbonyl (C=O) groups excluding carboxylic acids is 1. The number of rotatable bonds is 3. The quantitative estimate of drug-likeness (QED) is 0.646. The van der Waals surface area contributed by atoms with Crippen LogP contribution in [0, 0.1) is 0 Å². The summed E-state index contributed by atoms with van der Waals surface area (Å²) in [6.45, 7) is 0.346. The monoisotopic (exact) mass is 269 g/mol. The molecule has 1 aromatic carbocycles. The van der Waals surface area contributed by atoms with Crippen LogP contribution in [0.4, 0.5) is 0 Å². The summed E-state index contributed by atoms with van der Waals surface area (Å²) in [4.78, 5) is 36.0. The fraction of sp³-hybridized carbons (Fsp3) is 0.0769. The number of carbonyl (C=O) groups is 1. The number of aromatic nitrogens is 4. The molecule has 0 saturated carbocycles. The highest BCUT2D eigenvalue weighted by atomic mass is 16.2. The van der Waals surface area contributed by atoms with E-state index in [1.165, 1.54) is 18.6 Å². The molecule has 100 valence electrons. The molecule has 0 saturated heterocycles. The molecule has 0 aliphatic heterocycles. The molecule has 7 heteroatoms. The highest BCUT2D eigenvalue weighted by molar-refractivity contribution is 5.91. The van der Waals surface area contributed by atoms with Crippen molar-refractivity contribution in [3.63, 3.8) is 0 Å². The van der Waals surface area contributed by atoms with Gasteiger partial charge in [-0.05, 0) is 17.7 Å². The summed E-state index contributed by atoms with van der Waals surface area (Å²) in [7, 11) is 0. The number of aromatic amines is 2. The lowest BCUT2D eigenvalue weighted by molar-refractivity contribution is 0.0945. The fourth-order valence-electron chi connectivity index (χ4n) is 1.88. The van der Waals surface area contributed by atoms with Crippen LogP contribution in [-0.2, 0) is 6.54 Å². The third kappa shape index (κ3) is 2.41. The Hall–Kier alpha value is -2.96. The molecular weight excluding hydrogens is 258 g/mol. The normalized spacial score (nSPS) is 10.6. The summed E-state index contributed by atoms with van der Waals surface area (Å²) in [5.74, 6) is -0.291. The Kier molecular flexibility index (Phi) is 3.00. The van der Waals surface area contributed by atoms with Gasteiger partial charge in [0.25, 0.3) is 5.91 Å². The number of hydrogen-bond acceptors (Lipinski definition) is 4. The second-order valence-electron chi connectivity index (χ2n) is 4.23. The average molecular weight is 269 g/mol. The first-order chi connectivity index (χ1) is 9.72. The van der Waals surface area contributed by atoms with Crippen LogP contribution >= 0.6 is 0 Å². The van der Waals surface area contributed by atoms with Crippen LogP contribution in [0.3, 0.4) is 0 Å². The average Bonchev–Trinajstić information content (AvgIpc) is 2.85. The van der Waals surface area contributed by atoms with E-state index in [9.17, 15) is 9.59 Å². The highest BCUT2D eigenvalue weighted by Crippen LogP contribution is 2.10. The lowest BCUT2D eigenvalue weighted by atomic mass is 10.2. The fourth-order valence-corrected chi connectivity index (χ4v) is 1.88. The van der Waals surface area contributed by atoms with E-state index in [0.717, 1.165) is 11.1 Å². The second kappa shape index (κ2) is 4.96. The molecule has 0 atom stereocenters. The van der Waals surface area contributed by atoms with Crippen molar-refractivity contribution in [3.05, 3.63) is 58.5 Å². The van der Waals surface area contributed by atoms with Crippen molar-refractivity contribution >= 4 is 16.9 Å². The second-order valence-corrected chi connectivity index (χ2v) is 4.23. The molecule has 0 bridgehead atoms. The van der Waals surface area contributed by atoms with Gasteiger partial charge in [0, 0.05) is 18.9 Å². The van der Waals surface area contributed by atoms with Crippen LogP contribution in [0.1, 0.15) is 16.1 Å². The highest BCUT2D eigenvalue weighted by Gasteiger charge is 2.06. The summed E-state index contributed by atoms with van der Waals surface area (Å²) in [6, 6.07) is 5.43. The number of hydrogen-bond donors (Lipinski definition) is 3. The maximum Gasteiger partial charge on any atom is 0.323 e. The third-order valence-electron chi connectivity index (χ3n) is 2.83. The van der Waals surface area contributed by atoms with Crippen molar-refractivity contribution in [2.45, 2.75) is 6.54 Å². The minimum atomic E-state index is -0.291. The molecule has 2 heterocycles. The van der Waals surface area contributed by atoms with Crippen molar-refractivity contribution in [3.8, 4) is 0 Å². The third-order valence-corrected chi connectivity index (χ3v) is 2.83. The summed E-state index contributed by atoms with van der Waals surface area (Å²) in [6.07, 6.45) is 4.38. The molecule has 0 unspecified atom stereocenters. The van der Waals surface area contributed by atoms with E-state index in [-0.39, 0.29) is 17.3 Å². The topological polar surface area (TPSA) is 104 Å². The Balaban J connectivity index is 1.73. The van der Waals surface area contributed by atoms with Crippen molar-refractivity contribution in [2.24, 2.45) is 0 Å². The summed E-state index contributed by atoms with van der Waals surface area (Å²) in [5.41, 5.74) is 2.34. The van der Waals surface area contributed by atoms with E-state index in [1.54, 1.807) is 6.07 Å². The first-order valence-corrected chi connectivity index (χ1v) is 5.97. The van der Waals surface area contributed by atoms with Crippen molar-refractivity contribution in [1.82, 2.24) is 25.3 Å². The van der Waals surface area contributed by atoms with Gasteiger partial charge in [-0.25, -0.2) is 9.78 Å². The SMILES string of the molecule is O=C(NCc1ccc2[nH]c(=O)[nH]c2c1)c1cnccn1. The largest absolute Gasteiger partial charge is 0.347 e. The Labute approximate surface area is 113 Å². The van der Waals surface area contributed by atoms with E-state index >= 15 is 0 Å². The molecular formula is C13H11N5O2. The summed E-state index contributed by atoms with van der Waals surface area (Å²) in [5, 5.41) is 2.74. The Morgan fingerprint density at radius 3 is 2.85 bits per heavy atom. The maximum atomic E-state index is 11.8. The smallest absolute Gasteiger partial charge is 0.323 e. The van der Waals surface area contributed by atoms with Crippen LogP contribution < -0.4 is 11.0 Å². The Bertz CT molecular complexity index is 806. The van der Waals surface area contributed by atoms with Crippen molar-refractivity contribution < 1.29 is 4.79 Å². The van der Waals surface area contributed by atoms with Gasteiger partial charge in [-0.15, -0.1) is 0 Å². The minimum absolute atomic E-state index is 0.249. The molecule has 0 fully saturated rings. The summed E-state index contributed by atoms with van der Waals surface area (Å²) < 4.78 is 0. The van der Waals surface area contributed by atoms with Crippen LogP contribution in [0.25, 0.3) is 11.0 Å². The van der Waals surface area contributed by atoms with E-state index in [2.05, 4.69) is 25.3 Å². The molecule has 2 aromatic heterocycles. The Morgan fingerprint density at radius 2 is 2.05 bits per heavy atom. The van der Waals surface area contributed by atoms with Crippen LogP contribution in [0.5, 0.6) is 0 Å². The van der Waals surface area contributed by atoms with E-state index < -0.39 is 0 Å². The number of nitrogens with one attached hydrogen (secondary N) is 3. The van der Waals surface area contributed by atoms with Gasteiger partial charge < -0.3 is 15.3 Å². The van der Waals surface area contributed by atoms with Gasteiger partial charge in [0.15, 0.2) is 0 Å². The first-order valence-electron chi connectivity index (χ1n) is 5.97. The van der Waals surface area contributed by atoms with Crippen LogP contribution in [-0.4, -0.2) is 25.8 Å². The van der Waals surface area contributed by atoms with Crippen molar-refractivity contribution in [1.29, 1.82) is 0 Å².